The van der Waals surface area contributed by atoms with Crippen molar-refractivity contribution in [3.63, 3.8) is 0 Å². The van der Waals surface area contributed by atoms with Crippen LogP contribution >= 0.6 is 0 Å². The molecule has 5 nitrogen and oxygen atoms in total. The fourth-order valence-corrected chi connectivity index (χ4v) is 0.900. The standard InChI is InChI=1S/C13H24FNO4/c1-9(2)12(16)19-18-7-6-10(3)17-8-13(5,14)11(4)15/h10-11H,1,6-8,15H2,2-5H3. The molecule has 0 spiro atoms. The third kappa shape index (κ3) is 7.92. The zero-order valence-electron chi connectivity index (χ0n) is 12.1. The molecule has 0 aliphatic rings. The van der Waals surface area contributed by atoms with Gasteiger partial charge in [0.2, 0.25) is 0 Å². The van der Waals surface area contributed by atoms with Crippen LogP contribution in [0, 0.1) is 0 Å². The molecule has 0 bridgehead atoms. The van der Waals surface area contributed by atoms with Crippen molar-refractivity contribution in [1.82, 2.24) is 0 Å². The Labute approximate surface area is 113 Å². The van der Waals surface area contributed by atoms with Crippen molar-refractivity contribution in [2.24, 2.45) is 5.73 Å². The van der Waals surface area contributed by atoms with Gasteiger partial charge in [0.15, 0.2) is 0 Å². The minimum Gasteiger partial charge on any atom is -0.375 e. The number of hydrogen-bond donors (Lipinski definition) is 1. The number of ether oxygens (including phenoxy) is 1. The Balaban J connectivity index is 3.74. The molecular formula is C13H24FNO4. The van der Waals surface area contributed by atoms with Crippen LogP contribution in [0.5, 0.6) is 0 Å². The van der Waals surface area contributed by atoms with Gasteiger partial charge in [-0.2, -0.15) is 4.89 Å². The number of nitrogens with two attached hydrogens (primary N) is 1. The number of carbonyl (C=O) groups is 1. The smallest absolute Gasteiger partial charge is 0.368 e. The molecule has 0 aliphatic carbocycles. The second-order valence-corrected chi connectivity index (χ2v) is 4.95. The SMILES string of the molecule is C=C(C)C(=O)OOCCC(C)OCC(C)(F)C(C)N. The van der Waals surface area contributed by atoms with E-state index in [9.17, 15) is 9.18 Å². The van der Waals surface area contributed by atoms with E-state index in [1.165, 1.54) is 13.8 Å². The molecular weight excluding hydrogens is 253 g/mol. The third-order valence-corrected chi connectivity index (χ3v) is 2.69. The highest BCUT2D eigenvalue weighted by Crippen LogP contribution is 2.15. The van der Waals surface area contributed by atoms with Crippen molar-refractivity contribution in [2.75, 3.05) is 13.2 Å². The van der Waals surface area contributed by atoms with Crippen LogP contribution in [-0.4, -0.2) is 37.0 Å². The van der Waals surface area contributed by atoms with E-state index in [0.29, 0.717) is 6.42 Å². The molecule has 6 heteroatoms. The van der Waals surface area contributed by atoms with Crippen molar-refractivity contribution in [3.8, 4) is 0 Å². The minimum atomic E-state index is -1.57. The minimum absolute atomic E-state index is 0.0859. The molecule has 0 aliphatic heterocycles. The van der Waals surface area contributed by atoms with E-state index < -0.39 is 17.7 Å². The van der Waals surface area contributed by atoms with Crippen LogP contribution in [0.25, 0.3) is 0 Å². The van der Waals surface area contributed by atoms with Crippen molar-refractivity contribution in [3.05, 3.63) is 12.2 Å². The topological polar surface area (TPSA) is 70.8 Å². The van der Waals surface area contributed by atoms with Gasteiger partial charge >= 0.3 is 5.97 Å². The Morgan fingerprint density at radius 3 is 2.53 bits per heavy atom. The summed E-state index contributed by atoms with van der Waals surface area (Å²) in [6, 6.07) is -0.604. The molecule has 0 rings (SSSR count). The molecule has 0 radical (unpaired) electrons. The summed E-state index contributed by atoms with van der Waals surface area (Å²) in [6.45, 7) is 9.78. The van der Waals surface area contributed by atoms with Gasteiger partial charge in [0, 0.05) is 18.0 Å². The first-order valence-corrected chi connectivity index (χ1v) is 6.22. The molecule has 0 aromatic carbocycles. The van der Waals surface area contributed by atoms with Crippen LogP contribution in [0.15, 0.2) is 12.2 Å². The number of hydrogen-bond acceptors (Lipinski definition) is 5. The lowest BCUT2D eigenvalue weighted by atomic mass is 10.0. The Morgan fingerprint density at radius 1 is 1.47 bits per heavy atom. The lowest BCUT2D eigenvalue weighted by Gasteiger charge is -2.26. The molecule has 19 heavy (non-hydrogen) atoms. The van der Waals surface area contributed by atoms with Gasteiger partial charge in [-0.3, -0.25) is 4.89 Å². The Kier molecular flexibility index (Phi) is 7.82. The summed E-state index contributed by atoms with van der Waals surface area (Å²) in [5.74, 6) is -0.609. The summed E-state index contributed by atoms with van der Waals surface area (Å²) in [5, 5.41) is 0. The van der Waals surface area contributed by atoms with E-state index in [0.717, 1.165) is 0 Å². The average Bonchev–Trinajstić information content (AvgIpc) is 2.31. The summed E-state index contributed by atoms with van der Waals surface area (Å²) >= 11 is 0. The molecule has 0 heterocycles. The van der Waals surface area contributed by atoms with Gasteiger partial charge < -0.3 is 10.5 Å². The lowest BCUT2D eigenvalue weighted by Crippen LogP contribution is -2.44. The van der Waals surface area contributed by atoms with Gasteiger partial charge in [-0.15, -0.1) is 0 Å². The van der Waals surface area contributed by atoms with Crippen molar-refractivity contribution < 1.29 is 23.7 Å². The van der Waals surface area contributed by atoms with Gasteiger partial charge in [-0.05, 0) is 27.7 Å². The Bertz CT molecular complexity index is 305. The number of alkyl halides is 1. The van der Waals surface area contributed by atoms with Gasteiger partial charge in [-0.1, -0.05) is 6.58 Å². The summed E-state index contributed by atoms with van der Waals surface area (Å²) in [4.78, 5) is 20.1. The van der Waals surface area contributed by atoms with E-state index in [1.807, 2.05) is 0 Å². The number of carbonyl (C=O) groups excluding carboxylic acids is 1. The molecule has 0 saturated carbocycles. The van der Waals surface area contributed by atoms with Crippen LogP contribution in [-0.2, 0) is 19.3 Å². The maximum Gasteiger partial charge on any atom is 0.368 e. The fourth-order valence-electron chi connectivity index (χ4n) is 0.900. The molecule has 3 atom stereocenters. The van der Waals surface area contributed by atoms with Crippen molar-refractivity contribution >= 4 is 5.97 Å². The van der Waals surface area contributed by atoms with E-state index in [-0.39, 0.29) is 24.9 Å². The van der Waals surface area contributed by atoms with Crippen LogP contribution in [0.1, 0.15) is 34.1 Å². The molecule has 0 saturated heterocycles. The summed E-state index contributed by atoms with van der Waals surface area (Å²) in [6.07, 6.45) is 0.246. The third-order valence-electron chi connectivity index (χ3n) is 2.69. The van der Waals surface area contributed by atoms with E-state index in [4.69, 9.17) is 15.4 Å². The zero-order valence-corrected chi connectivity index (χ0v) is 12.1. The fraction of sp³-hybridized carbons (Fsp3) is 0.769. The highest BCUT2D eigenvalue weighted by atomic mass is 19.1. The quantitative estimate of drug-likeness (QED) is 0.302. The van der Waals surface area contributed by atoms with Crippen LogP contribution in [0.2, 0.25) is 0 Å². The van der Waals surface area contributed by atoms with E-state index in [1.54, 1.807) is 13.8 Å². The monoisotopic (exact) mass is 277 g/mol. The van der Waals surface area contributed by atoms with Crippen LogP contribution < -0.4 is 5.73 Å². The van der Waals surface area contributed by atoms with Crippen molar-refractivity contribution in [1.29, 1.82) is 0 Å². The first-order chi connectivity index (χ1) is 8.66. The van der Waals surface area contributed by atoms with Crippen molar-refractivity contribution in [2.45, 2.75) is 51.9 Å². The molecule has 0 aromatic heterocycles. The largest absolute Gasteiger partial charge is 0.375 e. The van der Waals surface area contributed by atoms with Crippen LogP contribution in [0.3, 0.4) is 0 Å². The highest BCUT2D eigenvalue weighted by Gasteiger charge is 2.29. The molecule has 3 unspecified atom stereocenters. The number of halogens is 1. The average molecular weight is 277 g/mol. The normalized spacial score (nSPS) is 17.4. The highest BCUT2D eigenvalue weighted by molar-refractivity contribution is 5.86. The molecule has 2 N–H and O–H groups in total. The van der Waals surface area contributed by atoms with Gasteiger partial charge in [0.25, 0.3) is 0 Å². The molecule has 112 valence electrons. The molecule has 0 aromatic rings. The van der Waals surface area contributed by atoms with E-state index in [2.05, 4.69) is 11.5 Å². The van der Waals surface area contributed by atoms with Gasteiger partial charge in [-0.25, -0.2) is 9.18 Å². The molecule has 0 fully saturated rings. The lowest BCUT2D eigenvalue weighted by molar-refractivity contribution is -0.270. The molecule has 0 amide bonds. The Morgan fingerprint density at radius 2 is 2.05 bits per heavy atom. The first kappa shape index (κ1) is 18.0. The summed E-state index contributed by atoms with van der Waals surface area (Å²) in [5.41, 5.74) is 4.19. The van der Waals surface area contributed by atoms with E-state index >= 15 is 0 Å². The number of rotatable bonds is 9. The first-order valence-electron chi connectivity index (χ1n) is 6.22. The maximum absolute atomic E-state index is 13.8. The summed E-state index contributed by atoms with van der Waals surface area (Å²) in [7, 11) is 0. The van der Waals surface area contributed by atoms with Crippen LogP contribution in [0.4, 0.5) is 4.39 Å². The second kappa shape index (κ2) is 8.24. The summed E-state index contributed by atoms with van der Waals surface area (Å²) < 4.78 is 19.1. The Hall–Kier alpha value is -0.980. The van der Waals surface area contributed by atoms with Gasteiger partial charge in [0.1, 0.15) is 5.67 Å². The predicted octanol–water partition coefficient (Wildman–Crippen LogP) is 1.91. The zero-order chi connectivity index (χ0) is 15.1. The maximum atomic E-state index is 13.8. The predicted molar refractivity (Wildman–Crippen MR) is 70.1 cm³/mol. The second-order valence-electron chi connectivity index (χ2n) is 4.95. The van der Waals surface area contributed by atoms with Gasteiger partial charge in [0.05, 0.1) is 19.3 Å².